The van der Waals surface area contributed by atoms with Gasteiger partial charge in [0.1, 0.15) is 0 Å². The number of hydrogen-bond acceptors (Lipinski definition) is 2. The van der Waals surface area contributed by atoms with Crippen molar-refractivity contribution < 1.29 is 9.90 Å². The van der Waals surface area contributed by atoms with E-state index in [1.165, 1.54) is 5.56 Å². The first-order chi connectivity index (χ1) is 8.79. The van der Waals surface area contributed by atoms with Gasteiger partial charge in [0, 0.05) is 5.56 Å². The lowest BCUT2D eigenvalue weighted by atomic mass is 9.85. The second-order valence-corrected chi connectivity index (χ2v) is 5.73. The molecule has 4 nitrogen and oxygen atoms in total. The van der Waals surface area contributed by atoms with E-state index >= 15 is 0 Å². The first-order valence-electron chi connectivity index (χ1n) is 6.19. The number of carbonyl (C=O) groups is 1. The highest BCUT2D eigenvalue weighted by Gasteiger charge is 2.16. The van der Waals surface area contributed by atoms with E-state index < -0.39 is 5.97 Å². The van der Waals surface area contributed by atoms with Crippen molar-refractivity contribution in [2.24, 2.45) is 0 Å². The zero-order valence-corrected chi connectivity index (χ0v) is 11.6. The van der Waals surface area contributed by atoms with Gasteiger partial charge in [-0.1, -0.05) is 39.0 Å². The Morgan fingerprint density at radius 2 is 2.00 bits per heavy atom. The van der Waals surface area contributed by atoms with Gasteiger partial charge in [-0.2, -0.15) is 0 Å². The number of nitrogens with one attached hydrogen (secondary N) is 1. The number of rotatable bonds is 2. The fourth-order valence-corrected chi connectivity index (χ4v) is 2.00. The molecule has 2 aromatic rings. The van der Waals surface area contributed by atoms with Crippen LogP contribution < -0.4 is 0 Å². The third-order valence-electron chi connectivity index (χ3n) is 3.16. The summed E-state index contributed by atoms with van der Waals surface area (Å²) in [6.45, 7) is 8.52. The van der Waals surface area contributed by atoms with Crippen LogP contribution in [0.15, 0.2) is 24.4 Å². The first-order valence-corrected chi connectivity index (χ1v) is 6.19. The highest BCUT2D eigenvalue weighted by atomic mass is 16.4. The molecule has 0 spiro atoms. The molecule has 0 aliphatic rings. The van der Waals surface area contributed by atoms with Crippen molar-refractivity contribution in [2.45, 2.75) is 33.1 Å². The van der Waals surface area contributed by atoms with Crippen LogP contribution >= 0.6 is 0 Å². The largest absolute Gasteiger partial charge is 0.475 e. The van der Waals surface area contributed by atoms with E-state index in [0.717, 1.165) is 16.8 Å². The van der Waals surface area contributed by atoms with E-state index in [9.17, 15) is 4.79 Å². The normalized spacial score (nSPS) is 11.6. The van der Waals surface area contributed by atoms with Gasteiger partial charge in [-0.25, -0.2) is 9.78 Å². The second-order valence-electron chi connectivity index (χ2n) is 5.73. The summed E-state index contributed by atoms with van der Waals surface area (Å²) in [6.07, 6.45) is 1.56. The minimum Gasteiger partial charge on any atom is -0.475 e. The third-order valence-corrected chi connectivity index (χ3v) is 3.16. The van der Waals surface area contributed by atoms with E-state index in [1.807, 2.05) is 13.0 Å². The van der Waals surface area contributed by atoms with Crippen LogP contribution in [-0.2, 0) is 5.41 Å². The molecule has 19 heavy (non-hydrogen) atoms. The van der Waals surface area contributed by atoms with E-state index in [4.69, 9.17) is 5.11 Å². The molecule has 1 aromatic heterocycles. The summed E-state index contributed by atoms with van der Waals surface area (Å²) >= 11 is 0. The molecule has 1 aromatic carbocycles. The molecule has 0 fully saturated rings. The average molecular weight is 258 g/mol. The number of aromatic carboxylic acids is 1. The number of hydrogen-bond donors (Lipinski definition) is 2. The van der Waals surface area contributed by atoms with Crippen LogP contribution in [0.5, 0.6) is 0 Å². The number of imidazole rings is 1. The van der Waals surface area contributed by atoms with Gasteiger partial charge in [0.2, 0.25) is 5.82 Å². The third kappa shape index (κ3) is 2.67. The molecule has 1 heterocycles. The minimum absolute atomic E-state index is 0.0331. The van der Waals surface area contributed by atoms with Crippen LogP contribution in [0.3, 0.4) is 0 Å². The van der Waals surface area contributed by atoms with Gasteiger partial charge in [-0.15, -0.1) is 0 Å². The molecule has 0 atom stereocenters. The number of aromatic amines is 1. The zero-order valence-electron chi connectivity index (χ0n) is 11.6. The van der Waals surface area contributed by atoms with E-state index in [2.05, 4.69) is 42.9 Å². The second kappa shape index (κ2) is 4.53. The summed E-state index contributed by atoms with van der Waals surface area (Å²) in [5.41, 5.74) is 4.17. The molecule has 100 valence electrons. The van der Waals surface area contributed by atoms with Gasteiger partial charge in [0.15, 0.2) is 0 Å². The van der Waals surface area contributed by atoms with Crippen molar-refractivity contribution in [3.63, 3.8) is 0 Å². The molecule has 4 heteroatoms. The van der Waals surface area contributed by atoms with Crippen LogP contribution in [0.4, 0.5) is 0 Å². The van der Waals surface area contributed by atoms with Crippen molar-refractivity contribution in [1.82, 2.24) is 9.97 Å². The molecule has 0 unspecified atom stereocenters. The minimum atomic E-state index is -1.05. The fraction of sp³-hybridized carbons (Fsp3) is 0.333. The van der Waals surface area contributed by atoms with E-state index in [-0.39, 0.29) is 11.2 Å². The predicted octanol–water partition coefficient (Wildman–Crippen LogP) is 3.38. The quantitative estimate of drug-likeness (QED) is 0.867. The highest BCUT2D eigenvalue weighted by molar-refractivity contribution is 5.84. The van der Waals surface area contributed by atoms with E-state index in [1.54, 1.807) is 6.20 Å². The summed E-state index contributed by atoms with van der Waals surface area (Å²) < 4.78 is 0. The highest BCUT2D eigenvalue weighted by Crippen LogP contribution is 2.28. The molecule has 0 aliphatic heterocycles. The van der Waals surface area contributed by atoms with Crippen molar-refractivity contribution in [1.29, 1.82) is 0 Å². The zero-order chi connectivity index (χ0) is 14.2. The molecule has 0 saturated heterocycles. The SMILES string of the molecule is Cc1cc(C(C)(C)C)ccc1-c1cnc(C(=O)O)[nH]1. The summed E-state index contributed by atoms with van der Waals surface area (Å²) in [5.74, 6) is -1.08. The van der Waals surface area contributed by atoms with E-state index in [0.29, 0.717) is 0 Å². The lowest BCUT2D eigenvalue weighted by Gasteiger charge is -2.20. The maximum atomic E-state index is 10.8. The van der Waals surface area contributed by atoms with Crippen molar-refractivity contribution in [3.05, 3.63) is 41.3 Å². The Hall–Kier alpha value is -2.10. The maximum absolute atomic E-state index is 10.8. The molecular formula is C15H18N2O2. The van der Waals surface area contributed by atoms with Crippen molar-refractivity contribution in [2.75, 3.05) is 0 Å². The van der Waals surface area contributed by atoms with Crippen LogP contribution in [0.25, 0.3) is 11.3 Å². The molecule has 0 amide bonds. The molecule has 2 rings (SSSR count). The number of benzene rings is 1. The number of aromatic nitrogens is 2. The summed E-state index contributed by atoms with van der Waals surface area (Å²) in [4.78, 5) is 17.5. The molecule has 2 N–H and O–H groups in total. The Bertz CT molecular complexity index is 621. The summed E-state index contributed by atoms with van der Waals surface area (Å²) in [7, 11) is 0. The first kappa shape index (κ1) is 13.3. The fourth-order valence-electron chi connectivity index (χ4n) is 2.00. The monoisotopic (exact) mass is 258 g/mol. The number of carboxylic acids is 1. The van der Waals surface area contributed by atoms with Gasteiger partial charge in [-0.05, 0) is 23.5 Å². The Morgan fingerprint density at radius 3 is 2.47 bits per heavy atom. The average Bonchev–Trinajstić information content (AvgIpc) is 2.76. The van der Waals surface area contributed by atoms with Gasteiger partial charge in [0.05, 0.1) is 11.9 Å². The van der Waals surface area contributed by atoms with Gasteiger partial charge in [-0.3, -0.25) is 0 Å². The van der Waals surface area contributed by atoms with Gasteiger partial charge < -0.3 is 10.1 Å². The maximum Gasteiger partial charge on any atom is 0.371 e. The van der Waals surface area contributed by atoms with Gasteiger partial charge in [0.25, 0.3) is 0 Å². The topological polar surface area (TPSA) is 66.0 Å². The summed E-state index contributed by atoms with van der Waals surface area (Å²) in [5, 5.41) is 8.87. The van der Waals surface area contributed by atoms with Crippen LogP contribution in [-0.4, -0.2) is 21.0 Å². The van der Waals surface area contributed by atoms with Crippen LogP contribution in [0.2, 0.25) is 0 Å². The van der Waals surface area contributed by atoms with Gasteiger partial charge >= 0.3 is 5.97 Å². The van der Waals surface area contributed by atoms with Crippen LogP contribution in [0.1, 0.15) is 42.5 Å². The molecule has 0 radical (unpaired) electrons. The lowest BCUT2D eigenvalue weighted by molar-refractivity contribution is 0.0685. The Morgan fingerprint density at radius 1 is 1.32 bits per heavy atom. The number of nitrogens with zero attached hydrogens (tertiary/aromatic N) is 1. The lowest BCUT2D eigenvalue weighted by Crippen LogP contribution is -2.11. The number of H-pyrrole nitrogens is 1. The smallest absolute Gasteiger partial charge is 0.371 e. The molecule has 0 saturated carbocycles. The van der Waals surface area contributed by atoms with Crippen molar-refractivity contribution in [3.8, 4) is 11.3 Å². The predicted molar refractivity (Wildman–Crippen MR) is 74.4 cm³/mol. The molecule has 0 aliphatic carbocycles. The standard InChI is InChI=1S/C15H18N2O2/c1-9-7-10(15(2,3)4)5-6-11(9)12-8-16-13(17-12)14(18)19/h5-8H,1-4H3,(H,16,17)(H,18,19). The Balaban J connectivity index is 2.43. The van der Waals surface area contributed by atoms with Crippen LogP contribution in [0, 0.1) is 6.92 Å². The summed E-state index contributed by atoms with van der Waals surface area (Å²) in [6, 6.07) is 6.22. The number of carboxylic acid groups (broad SMARTS) is 1. The Labute approximate surface area is 112 Å². The Kier molecular flexibility index (Phi) is 3.18. The number of aryl methyl sites for hydroxylation is 1. The molecular weight excluding hydrogens is 240 g/mol. The molecule has 0 bridgehead atoms. The van der Waals surface area contributed by atoms with Crippen molar-refractivity contribution >= 4 is 5.97 Å².